The number of ether oxygens (including phenoxy) is 1. The van der Waals surface area contributed by atoms with Gasteiger partial charge in [-0.1, -0.05) is 18.2 Å². The third-order valence-corrected chi connectivity index (χ3v) is 4.21. The molecule has 1 saturated heterocycles. The predicted octanol–water partition coefficient (Wildman–Crippen LogP) is 1.71. The summed E-state index contributed by atoms with van der Waals surface area (Å²) in [6.07, 6.45) is 0. The molecule has 1 amide bonds. The van der Waals surface area contributed by atoms with Gasteiger partial charge in [-0.25, -0.2) is 4.98 Å². The summed E-state index contributed by atoms with van der Waals surface area (Å²) in [6.45, 7) is 2.77. The second kappa shape index (κ2) is 7.77. The summed E-state index contributed by atoms with van der Waals surface area (Å²) in [4.78, 5) is 17.9. The van der Waals surface area contributed by atoms with Gasteiger partial charge in [0.1, 0.15) is 24.1 Å². The highest BCUT2D eigenvalue weighted by molar-refractivity contribution is 5.79. The maximum Gasteiger partial charge on any atom is 0.225 e. The third-order valence-electron chi connectivity index (χ3n) is 4.21. The molecule has 3 rings (SSSR count). The highest BCUT2D eigenvalue weighted by Gasteiger charge is 2.31. The van der Waals surface area contributed by atoms with Crippen LogP contribution in [0.15, 0.2) is 42.5 Å². The minimum Gasteiger partial charge on any atom is -0.487 e. The van der Waals surface area contributed by atoms with E-state index in [1.165, 1.54) is 5.56 Å². The molecule has 0 bridgehead atoms. The molecule has 1 aromatic carbocycles. The quantitative estimate of drug-likeness (QED) is 0.869. The van der Waals surface area contributed by atoms with Crippen molar-refractivity contribution >= 4 is 5.91 Å². The van der Waals surface area contributed by atoms with Crippen LogP contribution in [0, 0.1) is 17.2 Å². The molecule has 2 heterocycles. The highest BCUT2D eigenvalue weighted by Crippen LogP contribution is 2.20. The minimum absolute atomic E-state index is 0.115. The number of amides is 1. The van der Waals surface area contributed by atoms with Gasteiger partial charge in [0.15, 0.2) is 0 Å². The molecule has 1 aliphatic rings. The van der Waals surface area contributed by atoms with Gasteiger partial charge in [0.2, 0.25) is 5.91 Å². The lowest BCUT2D eigenvalue weighted by atomic mass is 9.98. The summed E-state index contributed by atoms with van der Waals surface area (Å²) >= 11 is 0. The Hall–Kier alpha value is -2.91. The molecule has 0 spiro atoms. The molecule has 1 aromatic heterocycles. The largest absolute Gasteiger partial charge is 0.487 e. The van der Waals surface area contributed by atoms with E-state index in [1.54, 1.807) is 19.2 Å². The van der Waals surface area contributed by atoms with Crippen LogP contribution in [0.25, 0.3) is 0 Å². The zero-order valence-corrected chi connectivity index (χ0v) is 14.1. The standard InChI is InChI=1S/C19H20N4O2/c1-21-19(24)15-11-23(12-15)10-14-5-7-18(8-6-14)25-13-17-4-2-3-16(9-20)22-17/h2-8,15H,10-13H2,1H3,(H,21,24). The summed E-state index contributed by atoms with van der Waals surface area (Å²) in [6, 6.07) is 15.2. The van der Waals surface area contributed by atoms with Crippen molar-refractivity contribution in [3.05, 3.63) is 59.4 Å². The Labute approximate surface area is 147 Å². The number of carbonyl (C=O) groups is 1. The molecule has 0 aliphatic carbocycles. The van der Waals surface area contributed by atoms with E-state index < -0.39 is 0 Å². The first kappa shape index (κ1) is 16.9. The van der Waals surface area contributed by atoms with Gasteiger partial charge in [-0.3, -0.25) is 9.69 Å². The van der Waals surface area contributed by atoms with Gasteiger partial charge in [-0.2, -0.15) is 5.26 Å². The number of pyridine rings is 1. The Balaban J connectivity index is 1.48. The second-order valence-corrected chi connectivity index (χ2v) is 6.06. The van der Waals surface area contributed by atoms with Crippen LogP contribution in [0.1, 0.15) is 17.0 Å². The SMILES string of the molecule is CNC(=O)C1CN(Cc2ccc(OCc3cccc(C#N)n3)cc2)C1. The molecular formula is C19H20N4O2. The van der Waals surface area contributed by atoms with Crippen LogP contribution in [0.3, 0.4) is 0 Å². The van der Waals surface area contributed by atoms with Gasteiger partial charge >= 0.3 is 0 Å². The first-order valence-corrected chi connectivity index (χ1v) is 8.19. The second-order valence-electron chi connectivity index (χ2n) is 6.06. The molecule has 0 atom stereocenters. The average molecular weight is 336 g/mol. The topological polar surface area (TPSA) is 78.3 Å². The maximum atomic E-state index is 11.5. The summed E-state index contributed by atoms with van der Waals surface area (Å²) in [5.74, 6) is 0.998. The summed E-state index contributed by atoms with van der Waals surface area (Å²) in [5, 5.41) is 11.5. The third kappa shape index (κ3) is 4.34. The van der Waals surface area contributed by atoms with E-state index >= 15 is 0 Å². The minimum atomic E-state index is 0.115. The van der Waals surface area contributed by atoms with E-state index in [0.717, 1.165) is 31.1 Å². The number of nitrogens with zero attached hydrogens (tertiary/aromatic N) is 3. The fourth-order valence-electron chi connectivity index (χ4n) is 2.80. The summed E-state index contributed by atoms with van der Waals surface area (Å²) in [7, 11) is 1.68. The van der Waals surface area contributed by atoms with Gasteiger partial charge < -0.3 is 10.1 Å². The van der Waals surface area contributed by atoms with Gasteiger partial charge in [-0.15, -0.1) is 0 Å². The lowest BCUT2D eigenvalue weighted by Crippen LogP contribution is -2.52. The lowest BCUT2D eigenvalue weighted by Gasteiger charge is -2.38. The Morgan fingerprint density at radius 3 is 2.76 bits per heavy atom. The van der Waals surface area contributed by atoms with Gasteiger partial charge in [0.25, 0.3) is 0 Å². The number of hydrogen-bond donors (Lipinski definition) is 1. The first-order chi connectivity index (χ1) is 12.2. The molecule has 1 fully saturated rings. The number of likely N-dealkylation sites (tertiary alicyclic amines) is 1. The van der Waals surface area contributed by atoms with Crippen LogP contribution in [-0.4, -0.2) is 35.9 Å². The number of rotatable bonds is 6. The van der Waals surface area contributed by atoms with Crippen molar-refractivity contribution in [3.63, 3.8) is 0 Å². The molecule has 128 valence electrons. The molecule has 1 aliphatic heterocycles. The van der Waals surface area contributed by atoms with Crippen LogP contribution in [0.5, 0.6) is 5.75 Å². The Kier molecular flexibility index (Phi) is 5.26. The number of aromatic nitrogens is 1. The number of carbonyl (C=O) groups excluding carboxylic acids is 1. The molecule has 25 heavy (non-hydrogen) atoms. The van der Waals surface area contributed by atoms with Crippen molar-refractivity contribution in [1.29, 1.82) is 5.26 Å². The molecule has 0 unspecified atom stereocenters. The normalized spacial score (nSPS) is 14.4. The zero-order chi connectivity index (χ0) is 17.6. The smallest absolute Gasteiger partial charge is 0.225 e. The van der Waals surface area contributed by atoms with Crippen molar-refractivity contribution in [3.8, 4) is 11.8 Å². The number of benzene rings is 1. The van der Waals surface area contributed by atoms with Crippen molar-refractivity contribution in [2.45, 2.75) is 13.2 Å². The van der Waals surface area contributed by atoms with E-state index in [2.05, 4.69) is 15.2 Å². The lowest BCUT2D eigenvalue weighted by molar-refractivity contribution is -0.129. The molecular weight excluding hydrogens is 316 g/mol. The van der Waals surface area contributed by atoms with Crippen molar-refractivity contribution in [2.75, 3.05) is 20.1 Å². The van der Waals surface area contributed by atoms with Crippen LogP contribution in [0.4, 0.5) is 0 Å². The average Bonchev–Trinajstić information content (AvgIpc) is 2.63. The van der Waals surface area contributed by atoms with Gasteiger partial charge in [-0.05, 0) is 29.8 Å². The van der Waals surface area contributed by atoms with E-state index in [0.29, 0.717) is 12.3 Å². The first-order valence-electron chi connectivity index (χ1n) is 8.19. The van der Waals surface area contributed by atoms with Gasteiger partial charge in [0.05, 0.1) is 11.6 Å². The van der Waals surface area contributed by atoms with E-state index in [9.17, 15) is 4.79 Å². The van der Waals surface area contributed by atoms with E-state index in [1.807, 2.05) is 36.4 Å². The van der Waals surface area contributed by atoms with Crippen molar-refractivity contribution < 1.29 is 9.53 Å². The Bertz CT molecular complexity index is 777. The fourth-order valence-corrected chi connectivity index (χ4v) is 2.80. The van der Waals surface area contributed by atoms with Crippen LogP contribution >= 0.6 is 0 Å². The maximum absolute atomic E-state index is 11.5. The fraction of sp³-hybridized carbons (Fsp3) is 0.316. The summed E-state index contributed by atoms with van der Waals surface area (Å²) in [5.41, 5.74) is 2.30. The number of hydrogen-bond acceptors (Lipinski definition) is 5. The molecule has 2 aromatic rings. The highest BCUT2D eigenvalue weighted by atomic mass is 16.5. The molecule has 0 saturated carbocycles. The monoisotopic (exact) mass is 336 g/mol. The molecule has 6 nitrogen and oxygen atoms in total. The molecule has 0 radical (unpaired) electrons. The molecule has 1 N–H and O–H groups in total. The molecule has 6 heteroatoms. The summed E-state index contributed by atoms with van der Waals surface area (Å²) < 4.78 is 5.72. The van der Waals surface area contributed by atoms with Crippen LogP contribution < -0.4 is 10.1 Å². The van der Waals surface area contributed by atoms with E-state index in [4.69, 9.17) is 10.00 Å². The van der Waals surface area contributed by atoms with Crippen molar-refractivity contribution in [2.24, 2.45) is 5.92 Å². The number of nitriles is 1. The van der Waals surface area contributed by atoms with Crippen molar-refractivity contribution in [1.82, 2.24) is 15.2 Å². The van der Waals surface area contributed by atoms with Crippen LogP contribution in [0.2, 0.25) is 0 Å². The Morgan fingerprint density at radius 1 is 1.32 bits per heavy atom. The van der Waals surface area contributed by atoms with E-state index in [-0.39, 0.29) is 11.8 Å². The van der Waals surface area contributed by atoms with Gasteiger partial charge in [0, 0.05) is 26.7 Å². The Morgan fingerprint density at radius 2 is 2.08 bits per heavy atom. The predicted molar refractivity (Wildman–Crippen MR) is 92.6 cm³/mol. The zero-order valence-electron chi connectivity index (χ0n) is 14.1. The number of nitrogens with one attached hydrogen (secondary N) is 1. The van der Waals surface area contributed by atoms with Crippen LogP contribution in [-0.2, 0) is 17.9 Å².